The van der Waals surface area contributed by atoms with Crippen LogP contribution in [0.4, 0.5) is 5.69 Å². The number of nitrogens with zero attached hydrogens (tertiary/aromatic N) is 1. The molecule has 3 rings (SSSR count). The van der Waals surface area contributed by atoms with Gasteiger partial charge in [0.15, 0.2) is 9.84 Å². The van der Waals surface area contributed by atoms with Gasteiger partial charge in [-0.05, 0) is 43.0 Å². The Balaban J connectivity index is 1.90. The molecule has 5 nitrogen and oxygen atoms in total. The van der Waals surface area contributed by atoms with Gasteiger partial charge in [-0.15, -0.1) is 0 Å². The van der Waals surface area contributed by atoms with Gasteiger partial charge in [-0.2, -0.15) is 0 Å². The van der Waals surface area contributed by atoms with Gasteiger partial charge in [0, 0.05) is 11.6 Å². The summed E-state index contributed by atoms with van der Waals surface area (Å²) in [5.41, 5.74) is 0.756. The number of anilines is 1. The minimum Gasteiger partial charge on any atom is -0.497 e. The van der Waals surface area contributed by atoms with Gasteiger partial charge in [-0.25, -0.2) is 8.42 Å². The molecule has 1 heterocycles. The Labute approximate surface area is 131 Å². The Morgan fingerprint density at radius 2 is 1.91 bits per heavy atom. The minimum atomic E-state index is -3.03. The molecular formula is C16H21NO4S. The Kier molecular flexibility index (Phi) is 3.89. The molecule has 6 heteroatoms. The second kappa shape index (κ2) is 5.57. The average molecular weight is 323 g/mol. The maximum absolute atomic E-state index is 12.8. The standard InChI is InChI=1S/C16H21NO4S/c1-11-9-15(11)16(18)17(13-7-8-22(19,20)10-13)12-3-5-14(21-2)6-4-12/h3-6,11,13,15H,7-10H2,1-2H3/t11-,13-,15-/m1/s1. The van der Waals surface area contributed by atoms with Gasteiger partial charge in [0.1, 0.15) is 5.75 Å². The first kappa shape index (κ1) is 15.3. The Hall–Kier alpha value is -1.56. The van der Waals surface area contributed by atoms with Gasteiger partial charge in [0.05, 0.1) is 24.7 Å². The van der Waals surface area contributed by atoms with E-state index in [1.807, 2.05) is 12.1 Å². The smallest absolute Gasteiger partial charge is 0.230 e. The number of amides is 1. The number of ether oxygens (including phenoxy) is 1. The number of benzene rings is 1. The Bertz CT molecular complexity index is 668. The number of sulfone groups is 1. The summed E-state index contributed by atoms with van der Waals surface area (Å²) in [5.74, 6) is 1.43. The van der Waals surface area contributed by atoms with E-state index in [2.05, 4.69) is 6.92 Å². The van der Waals surface area contributed by atoms with E-state index in [9.17, 15) is 13.2 Å². The molecule has 1 aromatic carbocycles. The lowest BCUT2D eigenvalue weighted by atomic mass is 10.1. The van der Waals surface area contributed by atoms with E-state index in [1.165, 1.54) is 0 Å². The Morgan fingerprint density at radius 3 is 2.36 bits per heavy atom. The third-order valence-electron chi connectivity index (χ3n) is 4.59. The van der Waals surface area contributed by atoms with E-state index >= 15 is 0 Å². The molecular weight excluding hydrogens is 302 g/mol. The van der Waals surface area contributed by atoms with Gasteiger partial charge in [0.2, 0.25) is 5.91 Å². The van der Waals surface area contributed by atoms with Gasteiger partial charge in [0.25, 0.3) is 0 Å². The second-order valence-electron chi connectivity index (χ2n) is 6.28. The fraction of sp³-hybridized carbons (Fsp3) is 0.562. The summed E-state index contributed by atoms with van der Waals surface area (Å²) in [7, 11) is -1.44. The van der Waals surface area contributed by atoms with E-state index in [0.717, 1.165) is 17.9 Å². The topological polar surface area (TPSA) is 63.7 Å². The normalized spacial score (nSPS) is 29.1. The second-order valence-corrected chi connectivity index (χ2v) is 8.51. The van der Waals surface area contributed by atoms with Crippen LogP contribution in [0.15, 0.2) is 24.3 Å². The van der Waals surface area contributed by atoms with Crippen LogP contribution in [-0.4, -0.2) is 39.0 Å². The molecule has 1 aliphatic heterocycles. The zero-order valence-electron chi connectivity index (χ0n) is 12.9. The summed E-state index contributed by atoms with van der Waals surface area (Å²) < 4.78 is 28.7. The van der Waals surface area contributed by atoms with Crippen LogP contribution in [0.1, 0.15) is 19.8 Å². The van der Waals surface area contributed by atoms with Crippen LogP contribution < -0.4 is 9.64 Å². The molecule has 2 fully saturated rings. The van der Waals surface area contributed by atoms with E-state index < -0.39 is 9.84 Å². The molecule has 1 saturated carbocycles. The number of hydrogen-bond acceptors (Lipinski definition) is 4. The van der Waals surface area contributed by atoms with Crippen molar-refractivity contribution in [2.75, 3.05) is 23.5 Å². The summed E-state index contributed by atoms with van der Waals surface area (Å²) in [6.45, 7) is 2.06. The van der Waals surface area contributed by atoms with Crippen LogP contribution >= 0.6 is 0 Å². The van der Waals surface area contributed by atoms with E-state index in [0.29, 0.717) is 12.3 Å². The predicted molar refractivity (Wildman–Crippen MR) is 84.8 cm³/mol. The van der Waals surface area contributed by atoms with Crippen molar-refractivity contribution in [2.45, 2.75) is 25.8 Å². The van der Waals surface area contributed by atoms with E-state index in [-0.39, 0.29) is 29.4 Å². The highest BCUT2D eigenvalue weighted by atomic mass is 32.2. The zero-order chi connectivity index (χ0) is 15.9. The molecule has 0 unspecified atom stereocenters. The van der Waals surface area contributed by atoms with Crippen LogP contribution in [0.2, 0.25) is 0 Å². The molecule has 2 aliphatic rings. The van der Waals surface area contributed by atoms with Crippen LogP contribution in [0, 0.1) is 11.8 Å². The summed E-state index contributed by atoms with van der Waals surface area (Å²) in [5, 5.41) is 0. The number of rotatable bonds is 4. The van der Waals surface area contributed by atoms with Crippen LogP contribution in [0.5, 0.6) is 5.75 Å². The SMILES string of the molecule is COc1ccc(N(C(=O)[C@@H]2C[C@H]2C)[C@@H]2CCS(=O)(=O)C2)cc1. The van der Waals surface area contributed by atoms with Gasteiger partial charge in [-0.1, -0.05) is 6.92 Å². The van der Waals surface area contributed by atoms with Crippen molar-refractivity contribution in [1.29, 1.82) is 0 Å². The lowest BCUT2D eigenvalue weighted by molar-refractivity contribution is -0.120. The molecule has 0 spiro atoms. The molecule has 0 N–H and O–H groups in total. The quantitative estimate of drug-likeness (QED) is 0.848. The van der Waals surface area contributed by atoms with E-state index in [4.69, 9.17) is 4.74 Å². The van der Waals surface area contributed by atoms with Crippen molar-refractivity contribution in [3.05, 3.63) is 24.3 Å². The van der Waals surface area contributed by atoms with Crippen molar-refractivity contribution in [3.63, 3.8) is 0 Å². The summed E-state index contributed by atoms with van der Waals surface area (Å²) in [4.78, 5) is 14.5. The zero-order valence-corrected chi connectivity index (χ0v) is 13.7. The molecule has 1 aliphatic carbocycles. The van der Waals surface area contributed by atoms with Crippen molar-refractivity contribution in [3.8, 4) is 5.75 Å². The molecule has 22 heavy (non-hydrogen) atoms. The molecule has 120 valence electrons. The summed E-state index contributed by atoms with van der Waals surface area (Å²) in [6.07, 6.45) is 1.41. The maximum Gasteiger partial charge on any atom is 0.230 e. The average Bonchev–Trinajstić information content (AvgIpc) is 3.12. The number of carbonyl (C=O) groups is 1. The van der Waals surface area contributed by atoms with E-state index in [1.54, 1.807) is 24.1 Å². The highest BCUT2D eigenvalue weighted by Crippen LogP contribution is 2.41. The van der Waals surface area contributed by atoms with Gasteiger partial charge in [-0.3, -0.25) is 4.79 Å². The monoisotopic (exact) mass is 323 g/mol. The highest BCUT2D eigenvalue weighted by Gasteiger charge is 2.45. The first-order valence-corrected chi connectivity index (χ1v) is 9.41. The largest absolute Gasteiger partial charge is 0.497 e. The lowest BCUT2D eigenvalue weighted by Crippen LogP contribution is -2.42. The first-order chi connectivity index (χ1) is 10.4. The number of hydrogen-bond donors (Lipinski definition) is 0. The number of carbonyl (C=O) groups excluding carboxylic acids is 1. The summed E-state index contributed by atoms with van der Waals surface area (Å²) in [6, 6.07) is 7.01. The van der Waals surface area contributed by atoms with Crippen molar-refractivity contribution >= 4 is 21.4 Å². The van der Waals surface area contributed by atoms with Crippen LogP contribution in [-0.2, 0) is 14.6 Å². The Morgan fingerprint density at radius 1 is 1.27 bits per heavy atom. The van der Waals surface area contributed by atoms with Crippen molar-refractivity contribution < 1.29 is 17.9 Å². The highest BCUT2D eigenvalue weighted by molar-refractivity contribution is 7.91. The van der Waals surface area contributed by atoms with Gasteiger partial charge >= 0.3 is 0 Å². The fourth-order valence-corrected chi connectivity index (χ4v) is 4.78. The fourth-order valence-electron chi connectivity index (χ4n) is 3.08. The number of methoxy groups -OCH3 is 1. The maximum atomic E-state index is 12.8. The van der Waals surface area contributed by atoms with Crippen molar-refractivity contribution in [2.24, 2.45) is 11.8 Å². The molecule has 0 bridgehead atoms. The molecule has 3 atom stereocenters. The lowest BCUT2D eigenvalue weighted by Gasteiger charge is -2.29. The van der Waals surface area contributed by atoms with Crippen LogP contribution in [0.3, 0.4) is 0 Å². The molecule has 1 amide bonds. The molecule has 0 radical (unpaired) electrons. The molecule has 1 saturated heterocycles. The van der Waals surface area contributed by atoms with Crippen molar-refractivity contribution in [1.82, 2.24) is 0 Å². The first-order valence-electron chi connectivity index (χ1n) is 7.59. The third kappa shape index (κ3) is 2.97. The third-order valence-corrected chi connectivity index (χ3v) is 6.34. The molecule has 0 aromatic heterocycles. The van der Waals surface area contributed by atoms with Gasteiger partial charge < -0.3 is 9.64 Å². The predicted octanol–water partition coefficient (Wildman–Crippen LogP) is 1.87. The minimum absolute atomic E-state index is 0.0328. The van der Waals surface area contributed by atoms with Crippen LogP contribution in [0.25, 0.3) is 0 Å². The molecule has 1 aromatic rings. The summed E-state index contributed by atoms with van der Waals surface area (Å²) >= 11 is 0.